The van der Waals surface area contributed by atoms with Gasteiger partial charge >= 0.3 is 0 Å². The first-order chi connectivity index (χ1) is 8.58. The van der Waals surface area contributed by atoms with Crippen molar-refractivity contribution in [1.82, 2.24) is 4.98 Å². The zero-order chi connectivity index (χ0) is 13.1. The average Bonchev–Trinajstić information content (AvgIpc) is 2.38. The molecule has 0 radical (unpaired) electrons. The molecule has 1 heterocycles. The summed E-state index contributed by atoms with van der Waals surface area (Å²) in [7, 11) is 2.12. The van der Waals surface area contributed by atoms with Crippen LogP contribution in [0.5, 0.6) is 0 Å². The van der Waals surface area contributed by atoms with E-state index in [1.165, 1.54) is 25.7 Å². The number of aliphatic hydroxyl groups excluding tert-OH is 1. The SMILES string of the molecule is CC1CCCC(N(C)c2cc([C@H](C)O)ccn2)C1. The summed E-state index contributed by atoms with van der Waals surface area (Å²) in [6.07, 6.45) is 6.53. The van der Waals surface area contributed by atoms with Gasteiger partial charge in [0, 0.05) is 19.3 Å². The van der Waals surface area contributed by atoms with Crippen LogP contribution in [0, 0.1) is 5.92 Å². The van der Waals surface area contributed by atoms with Gasteiger partial charge in [-0.3, -0.25) is 0 Å². The molecular formula is C15H24N2O. The Labute approximate surface area is 110 Å². The van der Waals surface area contributed by atoms with E-state index in [4.69, 9.17) is 0 Å². The van der Waals surface area contributed by atoms with Gasteiger partial charge in [0.05, 0.1) is 6.10 Å². The van der Waals surface area contributed by atoms with Crippen LogP contribution in [0.1, 0.15) is 51.2 Å². The average molecular weight is 248 g/mol. The molecule has 1 aliphatic carbocycles. The number of aromatic nitrogens is 1. The van der Waals surface area contributed by atoms with Gasteiger partial charge in [0.15, 0.2) is 0 Å². The fraction of sp³-hybridized carbons (Fsp3) is 0.667. The maximum Gasteiger partial charge on any atom is 0.128 e. The highest BCUT2D eigenvalue weighted by Gasteiger charge is 2.23. The highest BCUT2D eigenvalue weighted by molar-refractivity contribution is 5.41. The van der Waals surface area contributed by atoms with E-state index in [0.29, 0.717) is 6.04 Å². The predicted molar refractivity (Wildman–Crippen MR) is 74.7 cm³/mol. The third-order valence-electron chi connectivity index (χ3n) is 4.07. The van der Waals surface area contributed by atoms with Crippen LogP contribution in [-0.2, 0) is 0 Å². The second-order valence-corrected chi connectivity index (χ2v) is 5.66. The molecule has 3 heteroatoms. The lowest BCUT2D eigenvalue weighted by Gasteiger charge is -2.35. The van der Waals surface area contributed by atoms with Crippen molar-refractivity contribution in [1.29, 1.82) is 0 Å². The van der Waals surface area contributed by atoms with Gasteiger partial charge in [0.25, 0.3) is 0 Å². The molecule has 0 aliphatic heterocycles. The van der Waals surface area contributed by atoms with E-state index in [1.807, 2.05) is 12.1 Å². The maximum absolute atomic E-state index is 9.64. The second-order valence-electron chi connectivity index (χ2n) is 5.66. The lowest BCUT2D eigenvalue weighted by molar-refractivity contribution is 0.199. The first-order valence-electron chi connectivity index (χ1n) is 6.94. The fourth-order valence-corrected chi connectivity index (χ4v) is 2.83. The van der Waals surface area contributed by atoms with Crippen LogP contribution in [0.15, 0.2) is 18.3 Å². The first-order valence-corrected chi connectivity index (χ1v) is 6.94. The van der Waals surface area contributed by atoms with E-state index < -0.39 is 6.10 Å². The molecule has 1 saturated carbocycles. The highest BCUT2D eigenvalue weighted by atomic mass is 16.3. The van der Waals surface area contributed by atoms with Crippen molar-refractivity contribution >= 4 is 5.82 Å². The number of anilines is 1. The molecule has 1 aromatic rings. The molecular weight excluding hydrogens is 224 g/mol. The van der Waals surface area contributed by atoms with E-state index in [2.05, 4.69) is 23.9 Å². The summed E-state index contributed by atoms with van der Waals surface area (Å²) in [6, 6.07) is 4.47. The van der Waals surface area contributed by atoms with Gasteiger partial charge in [-0.15, -0.1) is 0 Å². The van der Waals surface area contributed by atoms with Gasteiger partial charge in [0.1, 0.15) is 5.82 Å². The minimum absolute atomic E-state index is 0.426. The summed E-state index contributed by atoms with van der Waals surface area (Å²) in [5.74, 6) is 1.79. The molecule has 0 saturated heterocycles. The van der Waals surface area contributed by atoms with E-state index >= 15 is 0 Å². The van der Waals surface area contributed by atoms with Crippen molar-refractivity contribution in [2.75, 3.05) is 11.9 Å². The van der Waals surface area contributed by atoms with Crippen molar-refractivity contribution < 1.29 is 5.11 Å². The molecule has 3 nitrogen and oxygen atoms in total. The van der Waals surface area contributed by atoms with E-state index in [1.54, 1.807) is 13.1 Å². The molecule has 0 spiro atoms. The Bertz CT molecular complexity index is 392. The molecule has 100 valence electrons. The molecule has 0 aromatic carbocycles. The Morgan fingerprint density at radius 1 is 1.44 bits per heavy atom. The maximum atomic E-state index is 9.64. The fourth-order valence-electron chi connectivity index (χ4n) is 2.83. The third kappa shape index (κ3) is 3.02. The minimum Gasteiger partial charge on any atom is -0.389 e. The normalized spacial score (nSPS) is 25.8. The zero-order valence-electron chi connectivity index (χ0n) is 11.6. The lowest BCUT2D eigenvalue weighted by atomic mass is 9.86. The zero-order valence-corrected chi connectivity index (χ0v) is 11.6. The van der Waals surface area contributed by atoms with Crippen molar-refractivity contribution in [3.63, 3.8) is 0 Å². The number of hydrogen-bond donors (Lipinski definition) is 1. The molecule has 18 heavy (non-hydrogen) atoms. The van der Waals surface area contributed by atoms with Crippen molar-refractivity contribution in [3.05, 3.63) is 23.9 Å². The minimum atomic E-state index is -0.426. The summed E-state index contributed by atoms with van der Waals surface area (Å²) in [4.78, 5) is 6.72. The lowest BCUT2D eigenvalue weighted by Crippen LogP contribution is -2.36. The van der Waals surface area contributed by atoms with Crippen LogP contribution in [0.4, 0.5) is 5.82 Å². The van der Waals surface area contributed by atoms with E-state index in [-0.39, 0.29) is 0 Å². The van der Waals surface area contributed by atoms with Crippen LogP contribution in [0.2, 0.25) is 0 Å². The first kappa shape index (κ1) is 13.3. The van der Waals surface area contributed by atoms with E-state index in [9.17, 15) is 5.11 Å². The Balaban J connectivity index is 2.12. The van der Waals surface area contributed by atoms with Gasteiger partial charge in [-0.1, -0.05) is 19.8 Å². The third-order valence-corrected chi connectivity index (χ3v) is 4.07. The number of rotatable bonds is 3. The summed E-state index contributed by atoms with van der Waals surface area (Å²) < 4.78 is 0. The monoisotopic (exact) mass is 248 g/mol. The number of pyridine rings is 1. The van der Waals surface area contributed by atoms with Crippen molar-refractivity contribution in [2.45, 2.75) is 51.7 Å². The van der Waals surface area contributed by atoms with Gasteiger partial charge in [-0.05, 0) is 43.4 Å². The van der Waals surface area contributed by atoms with Crippen LogP contribution >= 0.6 is 0 Å². The highest BCUT2D eigenvalue weighted by Crippen LogP contribution is 2.29. The van der Waals surface area contributed by atoms with Gasteiger partial charge in [-0.25, -0.2) is 4.98 Å². The summed E-state index contributed by atoms with van der Waals surface area (Å²) >= 11 is 0. The van der Waals surface area contributed by atoms with Crippen LogP contribution in [-0.4, -0.2) is 23.2 Å². The van der Waals surface area contributed by atoms with Gasteiger partial charge < -0.3 is 10.0 Å². The standard InChI is InChI=1S/C15H24N2O/c1-11-5-4-6-14(9-11)17(3)15-10-13(12(2)18)7-8-16-15/h7-8,10-12,14,18H,4-6,9H2,1-3H3/t11?,12-,14?/m0/s1. The molecule has 1 aliphatic rings. The molecule has 2 rings (SSSR count). The Hall–Kier alpha value is -1.09. The molecule has 1 aromatic heterocycles. The molecule has 1 N–H and O–H groups in total. The summed E-state index contributed by atoms with van der Waals surface area (Å²) in [6.45, 7) is 4.13. The molecule has 3 atom stereocenters. The number of aliphatic hydroxyl groups is 1. The smallest absolute Gasteiger partial charge is 0.128 e. The van der Waals surface area contributed by atoms with Gasteiger partial charge in [-0.2, -0.15) is 0 Å². The van der Waals surface area contributed by atoms with Crippen LogP contribution < -0.4 is 4.90 Å². The molecule has 0 amide bonds. The van der Waals surface area contributed by atoms with Crippen LogP contribution in [0.3, 0.4) is 0 Å². The Morgan fingerprint density at radius 2 is 2.22 bits per heavy atom. The van der Waals surface area contributed by atoms with Crippen molar-refractivity contribution in [3.8, 4) is 0 Å². The summed E-state index contributed by atoms with van der Waals surface area (Å²) in [5, 5.41) is 9.64. The Morgan fingerprint density at radius 3 is 2.89 bits per heavy atom. The number of nitrogens with zero attached hydrogens (tertiary/aromatic N) is 2. The topological polar surface area (TPSA) is 36.4 Å². The number of hydrogen-bond acceptors (Lipinski definition) is 3. The molecule has 2 unspecified atom stereocenters. The quantitative estimate of drug-likeness (QED) is 0.892. The molecule has 1 fully saturated rings. The van der Waals surface area contributed by atoms with E-state index in [0.717, 1.165) is 17.3 Å². The predicted octanol–water partition coefficient (Wildman–Crippen LogP) is 3.15. The Kier molecular flexibility index (Phi) is 4.23. The van der Waals surface area contributed by atoms with Gasteiger partial charge in [0.2, 0.25) is 0 Å². The van der Waals surface area contributed by atoms with Crippen LogP contribution in [0.25, 0.3) is 0 Å². The second kappa shape index (κ2) is 5.70. The largest absolute Gasteiger partial charge is 0.389 e. The van der Waals surface area contributed by atoms with Crippen molar-refractivity contribution in [2.24, 2.45) is 5.92 Å². The molecule has 0 bridgehead atoms. The summed E-state index contributed by atoms with van der Waals surface area (Å²) in [5.41, 5.74) is 0.940.